The van der Waals surface area contributed by atoms with E-state index < -0.39 is 0 Å². The van der Waals surface area contributed by atoms with Crippen LogP contribution in [0.3, 0.4) is 0 Å². The van der Waals surface area contributed by atoms with Gasteiger partial charge < -0.3 is 16.0 Å². The van der Waals surface area contributed by atoms with Crippen LogP contribution in [0.1, 0.15) is 39.5 Å². The zero-order valence-electron chi connectivity index (χ0n) is 13.1. The maximum absolute atomic E-state index is 11.9. The fourth-order valence-electron chi connectivity index (χ4n) is 2.89. The minimum atomic E-state index is -0.0924. The van der Waals surface area contributed by atoms with Crippen LogP contribution in [-0.4, -0.2) is 43.5 Å². The average Bonchev–Trinajstić information content (AvgIpc) is 2.34. The number of halogens is 2. The van der Waals surface area contributed by atoms with Gasteiger partial charge in [0.15, 0.2) is 0 Å². The molecule has 0 aliphatic heterocycles. The number of nitrogens with one attached hydrogen (secondary N) is 1. The molecule has 20 heavy (non-hydrogen) atoms. The van der Waals surface area contributed by atoms with Crippen LogP contribution in [0.2, 0.25) is 0 Å². The second-order valence-corrected chi connectivity index (χ2v) is 6.17. The largest absolute Gasteiger partial charge is 0.354 e. The fraction of sp³-hybridized carbons (Fsp3) is 0.929. The number of likely N-dealkylation sites (N-methyl/N-ethyl adjacent to an activating group) is 1. The van der Waals surface area contributed by atoms with Gasteiger partial charge in [0, 0.05) is 24.5 Å². The van der Waals surface area contributed by atoms with Crippen LogP contribution in [-0.2, 0) is 4.79 Å². The Hall–Kier alpha value is -0.0300. The molecule has 1 fully saturated rings. The molecule has 6 heteroatoms. The molecule has 0 heterocycles. The standard InChI is InChI=1S/C14H29N3O.2ClH/c1-11-6-5-7-14(8-11,17(3)4)10-16-13(18)12(2)9-15;;/h11-12H,5-10,15H2,1-4H3,(H,16,18);2*1H. The maximum atomic E-state index is 11.9. The van der Waals surface area contributed by atoms with Crippen molar-refractivity contribution in [2.75, 3.05) is 27.2 Å². The smallest absolute Gasteiger partial charge is 0.224 e. The first-order chi connectivity index (χ1) is 8.41. The molecule has 1 amide bonds. The lowest BCUT2D eigenvalue weighted by atomic mass is 9.75. The summed E-state index contributed by atoms with van der Waals surface area (Å²) in [5.74, 6) is 0.729. The summed E-state index contributed by atoms with van der Waals surface area (Å²) < 4.78 is 0. The van der Waals surface area contributed by atoms with Crippen LogP contribution in [0.5, 0.6) is 0 Å². The molecule has 1 aliphatic carbocycles. The van der Waals surface area contributed by atoms with Gasteiger partial charge in [-0.1, -0.05) is 26.7 Å². The monoisotopic (exact) mass is 327 g/mol. The van der Waals surface area contributed by atoms with Crippen LogP contribution >= 0.6 is 24.8 Å². The number of carbonyl (C=O) groups excluding carboxylic acids is 1. The Kier molecular flexibility index (Phi) is 10.9. The summed E-state index contributed by atoms with van der Waals surface area (Å²) in [5.41, 5.74) is 5.65. The first-order valence-electron chi connectivity index (χ1n) is 7.06. The first-order valence-corrected chi connectivity index (χ1v) is 7.06. The Morgan fingerprint density at radius 1 is 1.45 bits per heavy atom. The van der Waals surface area contributed by atoms with Crippen LogP contribution in [0.4, 0.5) is 0 Å². The van der Waals surface area contributed by atoms with Gasteiger partial charge >= 0.3 is 0 Å². The highest BCUT2D eigenvalue weighted by Gasteiger charge is 2.37. The van der Waals surface area contributed by atoms with E-state index >= 15 is 0 Å². The number of carbonyl (C=O) groups is 1. The second kappa shape index (κ2) is 9.82. The van der Waals surface area contributed by atoms with Crippen LogP contribution < -0.4 is 11.1 Å². The molecule has 1 aliphatic rings. The molecule has 0 aromatic carbocycles. The summed E-state index contributed by atoms with van der Waals surface area (Å²) in [5, 5.41) is 3.09. The molecule has 122 valence electrons. The van der Waals surface area contributed by atoms with Gasteiger partial charge in [-0.15, -0.1) is 24.8 Å². The summed E-state index contributed by atoms with van der Waals surface area (Å²) in [7, 11) is 4.24. The highest BCUT2D eigenvalue weighted by molar-refractivity contribution is 5.85. The highest BCUT2D eigenvalue weighted by atomic mass is 35.5. The predicted octanol–water partition coefficient (Wildman–Crippen LogP) is 2.05. The zero-order valence-corrected chi connectivity index (χ0v) is 14.8. The van der Waals surface area contributed by atoms with E-state index in [0.29, 0.717) is 6.54 Å². The van der Waals surface area contributed by atoms with Crippen LogP contribution in [0.25, 0.3) is 0 Å². The van der Waals surface area contributed by atoms with E-state index in [2.05, 4.69) is 31.2 Å². The lowest BCUT2D eigenvalue weighted by Crippen LogP contribution is -2.55. The molecule has 3 N–H and O–H groups in total. The Bertz CT molecular complexity index is 290. The van der Waals surface area contributed by atoms with Crippen molar-refractivity contribution in [2.24, 2.45) is 17.6 Å². The summed E-state index contributed by atoms with van der Waals surface area (Å²) in [6, 6.07) is 0. The van der Waals surface area contributed by atoms with Crippen molar-refractivity contribution in [1.82, 2.24) is 10.2 Å². The van der Waals surface area contributed by atoms with Crippen molar-refractivity contribution in [1.29, 1.82) is 0 Å². The van der Waals surface area contributed by atoms with E-state index in [1.807, 2.05) is 6.92 Å². The van der Waals surface area contributed by atoms with E-state index in [4.69, 9.17) is 5.73 Å². The van der Waals surface area contributed by atoms with E-state index in [1.165, 1.54) is 19.3 Å². The average molecular weight is 328 g/mol. The van der Waals surface area contributed by atoms with Gasteiger partial charge in [-0.05, 0) is 32.9 Å². The summed E-state index contributed by atoms with van der Waals surface area (Å²) in [6.45, 7) is 5.34. The third-order valence-electron chi connectivity index (χ3n) is 4.41. The molecule has 1 saturated carbocycles. The van der Waals surface area contributed by atoms with E-state index in [9.17, 15) is 4.79 Å². The lowest BCUT2D eigenvalue weighted by Gasteiger charge is -2.45. The van der Waals surface area contributed by atoms with Gasteiger partial charge in [0.05, 0.1) is 0 Å². The number of hydrogen-bond donors (Lipinski definition) is 2. The number of nitrogens with zero attached hydrogens (tertiary/aromatic N) is 1. The quantitative estimate of drug-likeness (QED) is 0.812. The van der Waals surface area contributed by atoms with Gasteiger partial charge in [0.1, 0.15) is 0 Å². The fourth-order valence-corrected chi connectivity index (χ4v) is 2.89. The first kappa shape index (κ1) is 22.3. The Morgan fingerprint density at radius 3 is 2.50 bits per heavy atom. The SMILES string of the molecule is CC1CCCC(CNC(=O)C(C)CN)(N(C)C)C1.Cl.Cl. The van der Waals surface area contributed by atoms with E-state index in [-0.39, 0.29) is 42.2 Å². The van der Waals surface area contributed by atoms with E-state index in [1.54, 1.807) is 0 Å². The molecular formula is C14H31Cl2N3O. The van der Waals surface area contributed by atoms with Crippen LogP contribution in [0.15, 0.2) is 0 Å². The second-order valence-electron chi connectivity index (χ2n) is 6.17. The molecule has 1 rings (SSSR count). The molecular weight excluding hydrogens is 297 g/mol. The predicted molar refractivity (Wildman–Crippen MR) is 89.8 cm³/mol. The molecule has 0 spiro atoms. The molecule has 0 radical (unpaired) electrons. The maximum Gasteiger partial charge on any atom is 0.224 e. The Balaban J connectivity index is 0. The third kappa shape index (κ3) is 5.76. The van der Waals surface area contributed by atoms with Crippen molar-refractivity contribution in [2.45, 2.75) is 45.1 Å². The van der Waals surface area contributed by atoms with Crippen molar-refractivity contribution in [3.05, 3.63) is 0 Å². The van der Waals surface area contributed by atoms with Crippen LogP contribution in [0, 0.1) is 11.8 Å². The molecule has 0 saturated heterocycles. The van der Waals surface area contributed by atoms with Crippen molar-refractivity contribution in [3.8, 4) is 0 Å². The normalized spacial score (nSPS) is 27.2. The third-order valence-corrected chi connectivity index (χ3v) is 4.41. The minimum Gasteiger partial charge on any atom is -0.354 e. The highest BCUT2D eigenvalue weighted by Crippen LogP contribution is 2.35. The number of rotatable bonds is 5. The Morgan fingerprint density at radius 2 is 2.05 bits per heavy atom. The molecule has 4 nitrogen and oxygen atoms in total. The Labute approximate surface area is 136 Å². The topological polar surface area (TPSA) is 58.4 Å². The van der Waals surface area contributed by atoms with Gasteiger partial charge in [0.2, 0.25) is 5.91 Å². The van der Waals surface area contributed by atoms with Gasteiger partial charge in [-0.3, -0.25) is 4.79 Å². The summed E-state index contributed by atoms with van der Waals surface area (Å²) in [4.78, 5) is 14.1. The van der Waals surface area contributed by atoms with Gasteiger partial charge in [-0.25, -0.2) is 0 Å². The van der Waals surface area contributed by atoms with Crippen molar-refractivity contribution >= 4 is 30.7 Å². The number of amides is 1. The summed E-state index contributed by atoms with van der Waals surface area (Å²) in [6.07, 6.45) is 4.89. The van der Waals surface area contributed by atoms with Crippen molar-refractivity contribution < 1.29 is 4.79 Å². The van der Waals surface area contributed by atoms with E-state index in [0.717, 1.165) is 18.9 Å². The molecule has 3 unspecified atom stereocenters. The molecule has 0 aromatic heterocycles. The zero-order chi connectivity index (χ0) is 13.8. The lowest BCUT2D eigenvalue weighted by molar-refractivity contribution is -0.125. The molecule has 0 bridgehead atoms. The van der Waals surface area contributed by atoms with Gasteiger partial charge in [0.25, 0.3) is 0 Å². The van der Waals surface area contributed by atoms with Crippen molar-refractivity contribution in [3.63, 3.8) is 0 Å². The molecule has 0 aromatic rings. The van der Waals surface area contributed by atoms with Gasteiger partial charge in [-0.2, -0.15) is 0 Å². The number of hydrogen-bond acceptors (Lipinski definition) is 3. The summed E-state index contributed by atoms with van der Waals surface area (Å²) >= 11 is 0. The minimum absolute atomic E-state index is 0. The number of nitrogens with two attached hydrogens (primary N) is 1. The molecule has 3 atom stereocenters.